The van der Waals surface area contributed by atoms with Crippen LogP contribution < -0.4 is 0 Å². The van der Waals surface area contributed by atoms with E-state index in [4.69, 9.17) is 4.42 Å². The Kier molecular flexibility index (Phi) is 4.36. The summed E-state index contributed by atoms with van der Waals surface area (Å²) in [5, 5.41) is 0. The number of furan rings is 1. The van der Waals surface area contributed by atoms with Gasteiger partial charge in [0.15, 0.2) is 9.84 Å². The number of carbonyl (C=O) groups excluding carboxylic acids is 1. The van der Waals surface area contributed by atoms with E-state index >= 15 is 0 Å². The first-order valence-electron chi connectivity index (χ1n) is 8.18. The molecule has 1 saturated heterocycles. The fraction of sp³-hybridized carbons (Fsp3) is 0.588. The van der Waals surface area contributed by atoms with Crippen molar-refractivity contribution in [3.63, 3.8) is 0 Å². The van der Waals surface area contributed by atoms with Crippen LogP contribution in [0.4, 0.5) is 0 Å². The Balaban J connectivity index is 1.63. The van der Waals surface area contributed by atoms with E-state index in [0.717, 1.165) is 12.2 Å². The quantitative estimate of drug-likeness (QED) is 0.774. The summed E-state index contributed by atoms with van der Waals surface area (Å²) in [5.41, 5.74) is 0. The summed E-state index contributed by atoms with van der Waals surface area (Å²) in [7, 11) is -2.99. The molecule has 0 radical (unpaired) electrons. The number of sulfone groups is 1. The maximum absolute atomic E-state index is 12.4. The van der Waals surface area contributed by atoms with E-state index < -0.39 is 9.84 Å². The molecule has 2 fully saturated rings. The lowest BCUT2D eigenvalue weighted by Gasteiger charge is -2.25. The molecule has 0 aromatic carbocycles. The average molecular weight is 337 g/mol. The van der Waals surface area contributed by atoms with Gasteiger partial charge in [0.05, 0.1) is 11.5 Å². The van der Waals surface area contributed by atoms with Crippen LogP contribution in [0.25, 0.3) is 6.08 Å². The van der Waals surface area contributed by atoms with E-state index in [1.54, 1.807) is 11.0 Å². The molecular weight excluding hydrogens is 314 g/mol. The van der Waals surface area contributed by atoms with Gasteiger partial charge in [0, 0.05) is 24.6 Å². The Morgan fingerprint density at radius 2 is 2.17 bits per heavy atom. The molecule has 1 saturated carbocycles. The molecule has 1 amide bonds. The van der Waals surface area contributed by atoms with Crippen molar-refractivity contribution in [2.24, 2.45) is 5.92 Å². The van der Waals surface area contributed by atoms with Gasteiger partial charge in [-0.1, -0.05) is 6.92 Å². The van der Waals surface area contributed by atoms with Crippen LogP contribution in [0.2, 0.25) is 0 Å². The predicted molar refractivity (Wildman–Crippen MR) is 88.7 cm³/mol. The van der Waals surface area contributed by atoms with E-state index in [0.29, 0.717) is 30.6 Å². The van der Waals surface area contributed by atoms with Gasteiger partial charge in [0.1, 0.15) is 11.5 Å². The smallest absolute Gasteiger partial charge is 0.246 e. The molecule has 0 spiro atoms. The molecule has 0 N–H and O–H groups in total. The van der Waals surface area contributed by atoms with E-state index in [1.165, 1.54) is 6.08 Å². The number of nitrogens with zero attached hydrogens (tertiary/aromatic N) is 1. The van der Waals surface area contributed by atoms with Crippen molar-refractivity contribution in [3.8, 4) is 0 Å². The second-order valence-electron chi connectivity index (χ2n) is 6.57. The fourth-order valence-corrected chi connectivity index (χ4v) is 4.97. The van der Waals surface area contributed by atoms with Crippen LogP contribution in [0.5, 0.6) is 0 Å². The summed E-state index contributed by atoms with van der Waals surface area (Å²) >= 11 is 0. The molecule has 2 heterocycles. The van der Waals surface area contributed by atoms with Crippen molar-refractivity contribution >= 4 is 21.8 Å². The van der Waals surface area contributed by atoms with Crippen molar-refractivity contribution in [1.82, 2.24) is 4.90 Å². The van der Waals surface area contributed by atoms with E-state index in [1.807, 2.05) is 19.1 Å². The number of amides is 1. The van der Waals surface area contributed by atoms with Gasteiger partial charge >= 0.3 is 0 Å². The lowest BCUT2D eigenvalue weighted by Crippen LogP contribution is -2.39. The summed E-state index contributed by atoms with van der Waals surface area (Å²) in [6.45, 7) is 4.57. The maximum Gasteiger partial charge on any atom is 0.246 e. The van der Waals surface area contributed by atoms with Gasteiger partial charge in [-0.2, -0.15) is 0 Å². The monoisotopic (exact) mass is 337 g/mol. The second-order valence-corrected chi connectivity index (χ2v) is 8.80. The molecule has 1 aliphatic carbocycles. The van der Waals surface area contributed by atoms with Gasteiger partial charge in [-0.3, -0.25) is 4.79 Å². The summed E-state index contributed by atoms with van der Waals surface area (Å²) in [6.07, 6.45) is 4.84. The van der Waals surface area contributed by atoms with Crippen molar-refractivity contribution in [2.45, 2.75) is 38.6 Å². The highest BCUT2D eigenvalue weighted by atomic mass is 32.2. The minimum absolute atomic E-state index is 0.0743. The van der Waals surface area contributed by atoms with Crippen molar-refractivity contribution in [2.75, 3.05) is 18.1 Å². The van der Waals surface area contributed by atoms with Crippen LogP contribution >= 0.6 is 0 Å². The highest BCUT2D eigenvalue weighted by molar-refractivity contribution is 7.91. The van der Waals surface area contributed by atoms with Crippen LogP contribution in [-0.4, -0.2) is 43.3 Å². The lowest BCUT2D eigenvalue weighted by atomic mass is 10.2. The minimum atomic E-state index is -2.99. The first kappa shape index (κ1) is 16.3. The van der Waals surface area contributed by atoms with Gasteiger partial charge in [0.2, 0.25) is 5.91 Å². The molecular formula is C17H23NO4S. The molecule has 5 nitrogen and oxygen atoms in total. The number of carbonyl (C=O) groups is 1. The Hall–Kier alpha value is -1.56. The highest BCUT2D eigenvalue weighted by Crippen LogP contribution is 2.47. The topological polar surface area (TPSA) is 67.6 Å². The fourth-order valence-electron chi connectivity index (χ4n) is 3.24. The Bertz CT molecular complexity index is 719. The Labute approximate surface area is 137 Å². The van der Waals surface area contributed by atoms with Crippen LogP contribution in [0.3, 0.4) is 0 Å². The first-order valence-corrected chi connectivity index (χ1v) is 10.0. The summed E-state index contributed by atoms with van der Waals surface area (Å²) in [5.74, 6) is 2.94. The highest BCUT2D eigenvalue weighted by Gasteiger charge is 2.36. The molecule has 0 bridgehead atoms. The minimum Gasteiger partial charge on any atom is -0.461 e. The summed E-state index contributed by atoms with van der Waals surface area (Å²) in [4.78, 5) is 14.0. The second kappa shape index (κ2) is 6.15. The average Bonchev–Trinajstić information content (AvgIpc) is 2.90. The standard InChI is InChI=1S/C17H23NO4S/c1-3-18(13-8-9-23(20,21)11-13)17(19)7-5-14-4-6-16(22-14)15-10-12(15)2/h4-7,12-13,15H,3,8-11H2,1-2H3/b7-5+. The van der Waals surface area contributed by atoms with Gasteiger partial charge in [-0.15, -0.1) is 0 Å². The van der Waals surface area contributed by atoms with Crippen LogP contribution in [0.15, 0.2) is 22.6 Å². The zero-order valence-electron chi connectivity index (χ0n) is 13.6. The zero-order chi connectivity index (χ0) is 16.6. The molecule has 23 heavy (non-hydrogen) atoms. The Morgan fingerprint density at radius 1 is 1.43 bits per heavy atom. The number of likely N-dealkylation sites (N-methyl/N-ethyl adjacent to an activating group) is 1. The van der Waals surface area contributed by atoms with E-state index in [-0.39, 0.29) is 23.5 Å². The molecule has 3 rings (SSSR count). The van der Waals surface area contributed by atoms with Crippen LogP contribution in [0, 0.1) is 5.92 Å². The Morgan fingerprint density at radius 3 is 2.74 bits per heavy atom. The van der Waals surface area contributed by atoms with Crippen molar-refractivity contribution < 1.29 is 17.6 Å². The number of hydrogen-bond acceptors (Lipinski definition) is 4. The zero-order valence-corrected chi connectivity index (χ0v) is 14.4. The van der Waals surface area contributed by atoms with Gasteiger partial charge in [0.25, 0.3) is 0 Å². The number of rotatable bonds is 5. The van der Waals surface area contributed by atoms with Crippen LogP contribution in [-0.2, 0) is 14.6 Å². The summed E-state index contributed by atoms with van der Waals surface area (Å²) in [6, 6.07) is 3.64. The molecule has 1 aromatic heterocycles. The third kappa shape index (κ3) is 3.68. The summed E-state index contributed by atoms with van der Waals surface area (Å²) < 4.78 is 28.9. The molecule has 2 aliphatic rings. The SMILES string of the molecule is CCN(C(=O)/C=C/c1ccc(C2CC2C)o1)C1CCS(=O)(=O)C1. The van der Waals surface area contributed by atoms with Crippen molar-refractivity contribution in [3.05, 3.63) is 29.7 Å². The maximum atomic E-state index is 12.4. The lowest BCUT2D eigenvalue weighted by molar-refractivity contribution is -0.127. The first-order chi connectivity index (χ1) is 10.9. The normalized spacial score (nSPS) is 29.0. The molecule has 6 heteroatoms. The van der Waals surface area contributed by atoms with Gasteiger partial charge < -0.3 is 9.32 Å². The third-order valence-electron chi connectivity index (χ3n) is 4.79. The number of hydrogen-bond donors (Lipinski definition) is 0. The molecule has 3 unspecified atom stereocenters. The molecule has 3 atom stereocenters. The third-order valence-corrected chi connectivity index (χ3v) is 6.54. The molecule has 1 aliphatic heterocycles. The predicted octanol–water partition coefficient (Wildman–Crippen LogP) is 2.45. The van der Waals surface area contributed by atoms with Crippen LogP contribution in [0.1, 0.15) is 44.1 Å². The molecule has 126 valence electrons. The van der Waals surface area contributed by atoms with E-state index in [2.05, 4.69) is 6.92 Å². The van der Waals surface area contributed by atoms with Gasteiger partial charge in [-0.05, 0) is 43.9 Å². The van der Waals surface area contributed by atoms with Gasteiger partial charge in [-0.25, -0.2) is 8.42 Å². The van der Waals surface area contributed by atoms with Crippen molar-refractivity contribution in [1.29, 1.82) is 0 Å². The molecule has 1 aromatic rings. The van der Waals surface area contributed by atoms with E-state index in [9.17, 15) is 13.2 Å². The largest absolute Gasteiger partial charge is 0.461 e.